The summed E-state index contributed by atoms with van der Waals surface area (Å²) in [5.41, 5.74) is 1.91. The van der Waals surface area contributed by atoms with Gasteiger partial charge in [0, 0.05) is 37.1 Å². The Labute approximate surface area is 89.1 Å². The Balaban J connectivity index is 2.22. The lowest BCUT2D eigenvalue weighted by Crippen LogP contribution is -2.31. The first-order valence-corrected chi connectivity index (χ1v) is 5.37. The molecule has 4 heteroatoms. The molecule has 2 aliphatic carbocycles. The van der Waals surface area contributed by atoms with Gasteiger partial charge in [0.25, 0.3) is 0 Å². The van der Waals surface area contributed by atoms with E-state index in [4.69, 9.17) is 0 Å². The van der Waals surface area contributed by atoms with E-state index in [1.807, 2.05) is 0 Å². The number of amides is 2. The first-order valence-electron chi connectivity index (χ1n) is 5.37. The standard InChI is InChI=1S/C11H16N2O2/c1-6(14)12-10-8-3-4-9(5-8)11(10)13-7(2)15/h8-9H,3-5H2,1-2H3,(H,12,14)(H,13,15). The van der Waals surface area contributed by atoms with Crippen molar-refractivity contribution in [3.05, 3.63) is 11.4 Å². The second kappa shape index (κ2) is 3.68. The number of carbonyl (C=O) groups is 2. The number of fused-ring (bicyclic) bond motifs is 2. The lowest BCUT2D eigenvalue weighted by Gasteiger charge is -2.20. The van der Waals surface area contributed by atoms with E-state index in [1.165, 1.54) is 13.8 Å². The first-order chi connectivity index (χ1) is 7.08. The van der Waals surface area contributed by atoms with Crippen molar-refractivity contribution in [2.45, 2.75) is 33.1 Å². The van der Waals surface area contributed by atoms with Crippen LogP contribution in [0.4, 0.5) is 0 Å². The van der Waals surface area contributed by atoms with Crippen molar-refractivity contribution >= 4 is 11.8 Å². The highest BCUT2D eigenvalue weighted by Crippen LogP contribution is 2.46. The second-order valence-corrected chi connectivity index (χ2v) is 4.40. The minimum absolute atomic E-state index is 0.0552. The quantitative estimate of drug-likeness (QED) is 0.708. The number of allylic oxidation sites excluding steroid dienone is 2. The van der Waals surface area contributed by atoms with Crippen molar-refractivity contribution in [2.24, 2.45) is 11.8 Å². The van der Waals surface area contributed by atoms with Crippen molar-refractivity contribution in [3.8, 4) is 0 Å². The molecule has 0 aromatic carbocycles. The van der Waals surface area contributed by atoms with E-state index in [-0.39, 0.29) is 11.8 Å². The van der Waals surface area contributed by atoms with E-state index in [2.05, 4.69) is 10.6 Å². The Morgan fingerprint density at radius 1 is 1.00 bits per heavy atom. The zero-order chi connectivity index (χ0) is 11.0. The highest BCUT2D eigenvalue weighted by atomic mass is 16.2. The minimum Gasteiger partial charge on any atom is -0.328 e. The molecule has 0 radical (unpaired) electrons. The fourth-order valence-corrected chi connectivity index (χ4v) is 2.66. The number of nitrogens with one attached hydrogen (secondary N) is 2. The molecule has 15 heavy (non-hydrogen) atoms. The lowest BCUT2D eigenvalue weighted by atomic mass is 10.0. The number of hydrogen-bond acceptors (Lipinski definition) is 2. The molecule has 2 amide bonds. The third-order valence-corrected chi connectivity index (χ3v) is 3.16. The smallest absolute Gasteiger partial charge is 0.221 e. The summed E-state index contributed by atoms with van der Waals surface area (Å²) < 4.78 is 0. The molecule has 2 unspecified atom stereocenters. The van der Waals surface area contributed by atoms with E-state index in [1.54, 1.807) is 0 Å². The lowest BCUT2D eigenvalue weighted by molar-refractivity contribution is -0.119. The number of hydrogen-bond donors (Lipinski definition) is 2. The molecule has 82 valence electrons. The molecular weight excluding hydrogens is 192 g/mol. The van der Waals surface area contributed by atoms with Crippen LogP contribution in [0.5, 0.6) is 0 Å². The highest BCUT2D eigenvalue weighted by molar-refractivity contribution is 5.78. The zero-order valence-corrected chi connectivity index (χ0v) is 9.09. The molecule has 1 fully saturated rings. The van der Waals surface area contributed by atoms with Gasteiger partial charge in [0.05, 0.1) is 0 Å². The van der Waals surface area contributed by atoms with E-state index in [0.717, 1.165) is 30.7 Å². The van der Waals surface area contributed by atoms with E-state index < -0.39 is 0 Å². The summed E-state index contributed by atoms with van der Waals surface area (Å²) >= 11 is 0. The SMILES string of the molecule is CC(=O)NC1=C(NC(C)=O)C2CCC1C2. The largest absolute Gasteiger partial charge is 0.328 e. The van der Waals surface area contributed by atoms with Gasteiger partial charge in [0.2, 0.25) is 11.8 Å². The second-order valence-electron chi connectivity index (χ2n) is 4.40. The number of rotatable bonds is 2. The summed E-state index contributed by atoms with van der Waals surface area (Å²) in [6, 6.07) is 0. The van der Waals surface area contributed by atoms with Crippen LogP contribution in [-0.2, 0) is 9.59 Å². The van der Waals surface area contributed by atoms with Crippen molar-refractivity contribution in [1.29, 1.82) is 0 Å². The summed E-state index contributed by atoms with van der Waals surface area (Å²) in [6.07, 6.45) is 3.33. The summed E-state index contributed by atoms with van der Waals surface area (Å²) in [5, 5.41) is 5.71. The molecule has 0 aliphatic heterocycles. The summed E-state index contributed by atoms with van der Waals surface area (Å²) in [4.78, 5) is 22.1. The number of carbonyl (C=O) groups excluding carboxylic acids is 2. The summed E-state index contributed by atoms with van der Waals surface area (Å²) in [6.45, 7) is 3.01. The first kappa shape index (κ1) is 10.2. The van der Waals surface area contributed by atoms with Crippen molar-refractivity contribution in [2.75, 3.05) is 0 Å². The van der Waals surface area contributed by atoms with Crippen molar-refractivity contribution < 1.29 is 9.59 Å². The van der Waals surface area contributed by atoms with Crippen LogP contribution in [-0.4, -0.2) is 11.8 Å². The van der Waals surface area contributed by atoms with E-state index >= 15 is 0 Å². The molecule has 4 nitrogen and oxygen atoms in total. The molecule has 0 aromatic rings. The van der Waals surface area contributed by atoms with Gasteiger partial charge in [-0.15, -0.1) is 0 Å². The van der Waals surface area contributed by atoms with Gasteiger partial charge in [0.15, 0.2) is 0 Å². The topological polar surface area (TPSA) is 58.2 Å². The van der Waals surface area contributed by atoms with Crippen LogP contribution in [0, 0.1) is 11.8 Å². The molecule has 2 N–H and O–H groups in total. The molecule has 0 heterocycles. The monoisotopic (exact) mass is 208 g/mol. The average Bonchev–Trinajstić information content (AvgIpc) is 2.67. The molecule has 2 rings (SSSR count). The summed E-state index contributed by atoms with van der Waals surface area (Å²) in [7, 11) is 0. The fourth-order valence-electron chi connectivity index (χ4n) is 2.66. The molecule has 0 saturated heterocycles. The van der Waals surface area contributed by atoms with Gasteiger partial charge >= 0.3 is 0 Å². The van der Waals surface area contributed by atoms with Gasteiger partial charge in [-0.1, -0.05) is 0 Å². The Morgan fingerprint density at radius 2 is 1.40 bits per heavy atom. The Bertz CT molecular complexity index is 314. The molecule has 0 aromatic heterocycles. The van der Waals surface area contributed by atoms with Crippen molar-refractivity contribution in [1.82, 2.24) is 10.6 Å². The van der Waals surface area contributed by atoms with Gasteiger partial charge in [-0.3, -0.25) is 9.59 Å². The molecule has 1 saturated carbocycles. The molecule has 2 aliphatic rings. The summed E-state index contributed by atoms with van der Waals surface area (Å²) in [5.74, 6) is 0.780. The molecule has 2 atom stereocenters. The van der Waals surface area contributed by atoms with Crippen LogP contribution in [0.1, 0.15) is 33.1 Å². The van der Waals surface area contributed by atoms with Gasteiger partial charge in [-0.2, -0.15) is 0 Å². The average molecular weight is 208 g/mol. The van der Waals surface area contributed by atoms with E-state index in [0.29, 0.717) is 11.8 Å². The maximum Gasteiger partial charge on any atom is 0.221 e. The van der Waals surface area contributed by atoms with Gasteiger partial charge in [0.1, 0.15) is 0 Å². The van der Waals surface area contributed by atoms with Crippen LogP contribution in [0.2, 0.25) is 0 Å². The maximum atomic E-state index is 11.0. The van der Waals surface area contributed by atoms with Crippen molar-refractivity contribution in [3.63, 3.8) is 0 Å². The Morgan fingerprint density at radius 3 is 1.73 bits per heavy atom. The van der Waals surface area contributed by atoms with Gasteiger partial charge in [-0.05, 0) is 19.3 Å². The van der Waals surface area contributed by atoms with Crippen LogP contribution in [0.15, 0.2) is 11.4 Å². The van der Waals surface area contributed by atoms with Crippen LogP contribution in [0.3, 0.4) is 0 Å². The highest BCUT2D eigenvalue weighted by Gasteiger charge is 2.39. The van der Waals surface area contributed by atoms with Crippen LogP contribution >= 0.6 is 0 Å². The van der Waals surface area contributed by atoms with Gasteiger partial charge < -0.3 is 10.6 Å². The molecule has 0 spiro atoms. The van der Waals surface area contributed by atoms with Crippen LogP contribution in [0.25, 0.3) is 0 Å². The third kappa shape index (κ3) is 1.89. The normalized spacial score (nSPS) is 28.1. The van der Waals surface area contributed by atoms with Gasteiger partial charge in [-0.25, -0.2) is 0 Å². The zero-order valence-electron chi connectivity index (χ0n) is 9.09. The Hall–Kier alpha value is -1.32. The maximum absolute atomic E-state index is 11.0. The fraction of sp³-hybridized carbons (Fsp3) is 0.636. The van der Waals surface area contributed by atoms with E-state index in [9.17, 15) is 9.59 Å². The Kier molecular flexibility index (Phi) is 2.50. The molecule has 2 bridgehead atoms. The minimum atomic E-state index is -0.0552. The van der Waals surface area contributed by atoms with Crippen LogP contribution < -0.4 is 10.6 Å². The molecular formula is C11H16N2O2. The third-order valence-electron chi connectivity index (χ3n) is 3.16. The predicted octanol–water partition coefficient (Wildman–Crippen LogP) is 0.900. The predicted molar refractivity (Wildman–Crippen MR) is 55.5 cm³/mol.